The third kappa shape index (κ3) is 4.27. The fourth-order valence-corrected chi connectivity index (χ4v) is 2.85. The second-order valence-corrected chi connectivity index (χ2v) is 6.09. The molecule has 0 bridgehead atoms. The molecule has 0 radical (unpaired) electrons. The fourth-order valence-electron chi connectivity index (χ4n) is 2.85. The van der Waals surface area contributed by atoms with E-state index in [1.807, 2.05) is 0 Å². The van der Waals surface area contributed by atoms with Gasteiger partial charge in [-0.3, -0.25) is 4.79 Å². The number of esters is 1. The van der Waals surface area contributed by atoms with Crippen LogP contribution in [0.15, 0.2) is 0 Å². The van der Waals surface area contributed by atoms with Gasteiger partial charge in [0.05, 0.1) is 12.7 Å². The van der Waals surface area contributed by atoms with E-state index in [-0.39, 0.29) is 0 Å². The van der Waals surface area contributed by atoms with Crippen LogP contribution in [0.5, 0.6) is 0 Å². The summed E-state index contributed by atoms with van der Waals surface area (Å²) in [6, 6.07) is 0. The van der Waals surface area contributed by atoms with Crippen LogP contribution in [0.3, 0.4) is 0 Å². The van der Waals surface area contributed by atoms with E-state index in [9.17, 15) is 35.4 Å². The van der Waals surface area contributed by atoms with Crippen LogP contribution in [0.4, 0.5) is 0 Å². The third-order valence-corrected chi connectivity index (χ3v) is 4.21. The van der Waals surface area contributed by atoms with Crippen LogP contribution in [0, 0.1) is 0 Å². The van der Waals surface area contributed by atoms with Gasteiger partial charge in [-0.1, -0.05) is 0 Å². The highest BCUT2D eigenvalue weighted by Gasteiger charge is 2.50. The number of rotatable bonds is 4. The second kappa shape index (κ2) is 8.20. The smallest absolute Gasteiger partial charge is 0.303 e. The highest BCUT2D eigenvalue weighted by Crippen LogP contribution is 2.29. The number of carbonyl (C=O) groups is 1. The Balaban J connectivity index is 2.19. The van der Waals surface area contributed by atoms with E-state index in [0.29, 0.717) is 0 Å². The molecule has 2 aliphatic rings. The van der Waals surface area contributed by atoms with E-state index < -0.39 is 74.0 Å². The Hall–Kier alpha value is -0.890. The topological polar surface area (TPSA) is 175 Å². The van der Waals surface area contributed by atoms with Crippen molar-refractivity contribution in [2.75, 3.05) is 6.61 Å². The van der Waals surface area contributed by atoms with E-state index in [2.05, 4.69) is 0 Å². The number of ether oxygens (including phenoxy) is 4. The molecule has 0 aliphatic carbocycles. The van der Waals surface area contributed by atoms with E-state index in [1.54, 1.807) is 0 Å². The maximum atomic E-state index is 11.3. The maximum absolute atomic E-state index is 11.3. The van der Waals surface area contributed by atoms with Crippen LogP contribution in [0.25, 0.3) is 0 Å². The van der Waals surface area contributed by atoms with Crippen molar-refractivity contribution in [1.82, 2.24) is 0 Å². The van der Waals surface area contributed by atoms with Gasteiger partial charge in [0, 0.05) is 6.92 Å². The molecule has 2 aliphatic heterocycles. The minimum Gasteiger partial charge on any atom is -0.457 e. The predicted molar refractivity (Wildman–Crippen MR) is 76.8 cm³/mol. The highest BCUT2D eigenvalue weighted by atomic mass is 16.7. The highest BCUT2D eigenvalue weighted by molar-refractivity contribution is 5.66. The number of hydrogen-bond acceptors (Lipinski definition) is 11. The number of hydrogen-bond donors (Lipinski definition) is 6. The van der Waals surface area contributed by atoms with Gasteiger partial charge >= 0.3 is 5.97 Å². The average molecular weight is 368 g/mol. The zero-order chi connectivity index (χ0) is 18.9. The molecule has 10 atom stereocenters. The number of aliphatic hydroxyl groups is 6. The van der Waals surface area contributed by atoms with Gasteiger partial charge in [-0.2, -0.15) is 0 Å². The quantitative estimate of drug-likeness (QED) is 0.268. The van der Waals surface area contributed by atoms with Crippen LogP contribution in [-0.4, -0.2) is 105 Å². The van der Waals surface area contributed by atoms with Gasteiger partial charge in [0.25, 0.3) is 0 Å². The molecule has 0 aromatic heterocycles. The molecule has 0 amide bonds. The van der Waals surface area contributed by atoms with Gasteiger partial charge in [-0.25, -0.2) is 0 Å². The molecule has 0 spiro atoms. The lowest BCUT2D eigenvalue weighted by molar-refractivity contribution is -0.353. The number of aliphatic hydroxyl groups excluding tert-OH is 6. The summed E-state index contributed by atoms with van der Waals surface area (Å²) in [5.74, 6) is -0.688. The van der Waals surface area contributed by atoms with Gasteiger partial charge in [0.1, 0.15) is 36.6 Å². The Morgan fingerprint density at radius 2 is 1.60 bits per heavy atom. The van der Waals surface area contributed by atoms with E-state index in [0.717, 1.165) is 6.92 Å². The van der Waals surface area contributed by atoms with E-state index in [1.165, 1.54) is 6.92 Å². The molecule has 2 heterocycles. The Bertz CT molecular complexity index is 458. The molecule has 0 saturated carbocycles. The normalized spacial score (nSPS) is 48.2. The lowest BCUT2D eigenvalue weighted by Crippen LogP contribution is -2.64. The van der Waals surface area contributed by atoms with Gasteiger partial charge in [0.15, 0.2) is 18.7 Å². The Morgan fingerprint density at radius 1 is 0.960 bits per heavy atom. The Morgan fingerprint density at radius 3 is 2.16 bits per heavy atom. The van der Waals surface area contributed by atoms with E-state index >= 15 is 0 Å². The largest absolute Gasteiger partial charge is 0.457 e. The molecule has 1 unspecified atom stereocenters. The van der Waals surface area contributed by atoms with Gasteiger partial charge in [-0.05, 0) is 6.92 Å². The van der Waals surface area contributed by atoms with Crippen molar-refractivity contribution < 1.29 is 54.4 Å². The fraction of sp³-hybridized carbons (Fsp3) is 0.929. The summed E-state index contributed by atoms with van der Waals surface area (Å²) in [6.45, 7) is 1.95. The van der Waals surface area contributed by atoms with Crippen molar-refractivity contribution >= 4 is 5.97 Å². The van der Waals surface area contributed by atoms with Crippen LogP contribution >= 0.6 is 0 Å². The third-order valence-electron chi connectivity index (χ3n) is 4.21. The lowest BCUT2D eigenvalue weighted by atomic mass is 9.97. The molecule has 2 rings (SSSR count). The van der Waals surface area contributed by atoms with Crippen LogP contribution < -0.4 is 0 Å². The zero-order valence-corrected chi connectivity index (χ0v) is 13.7. The molecule has 146 valence electrons. The van der Waals surface area contributed by atoms with Crippen molar-refractivity contribution in [3.63, 3.8) is 0 Å². The van der Waals surface area contributed by atoms with Crippen LogP contribution in [-0.2, 0) is 23.7 Å². The van der Waals surface area contributed by atoms with Crippen molar-refractivity contribution in [2.45, 2.75) is 75.3 Å². The summed E-state index contributed by atoms with van der Waals surface area (Å²) in [6.07, 6.45) is -14.4. The van der Waals surface area contributed by atoms with Crippen molar-refractivity contribution in [3.05, 3.63) is 0 Å². The summed E-state index contributed by atoms with van der Waals surface area (Å²) < 4.78 is 20.7. The Kier molecular flexibility index (Phi) is 6.70. The summed E-state index contributed by atoms with van der Waals surface area (Å²) in [7, 11) is 0. The van der Waals surface area contributed by atoms with Gasteiger partial charge < -0.3 is 49.6 Å². The standard InChI is InChI=1S/C14H24O11/c1-4-11(23-5(2)16)12(10(20)13(21)22-4)25-14-9(19)8(18)7(17)6(3-15)24-14/h4,6-15,17-21H,3H2,1-2H3/t4-,6+,7+,8-,9+,10+,11-,12-,13?,14-/m0/s1. The first-order chi connectivity index (χ1) is 11.7. The van der Waals surface area contributed by atoms with Gasteiger partial charge in [-0.15, -0.1) is 0 Å². The van der Waals surface area contributed by atoms with Crippen molar-refractivity contribution in [3.8, 4) is 0 Å². The summed E-state index contributed by atoms with van der Waals surface area (Å²) >= 11 is 0. The van der Waals surface area contributed by atoms with Gasteiger partial charge in [0.2, 0.25) is 0 Å². The first kappa shape index (κ1) is 20.4. The molecular weight excluding hydrogens is 344 g/mol. The van der Waals surface area contributed by atoms with Crippen molar-refractivity contribution in [2.24, 2.45) is 0 Å². The second-order valence-electron chi connectivity index (χ2n) is 6.09. The monoisotopic (exact) mass is 368 g/mol. The minimum atomic E-state index is -1.71. The molecule has 0 aromatic rings. The molecule has 2 fully saturated rings. The van der Waals surface area contributed by atoms with Crippen LogP contribution in [0.1, 0.15) is 13.8 Å². The summed E-state index contributed by atoms with van der Waals surface area (Å²) in [5, 5.41) is 58.6. The summed E-state index contributed by atoms with van der Waals surface area (Å²) in [5.41, 5.74) is 0. The molecule has 11 heteroatoms. The summed E-state index contributed by atoms with van der Waals surface area (Å²) in [4.78, 5) is 11.3. The first-order valence-corrected chi connectivity index (χ1v) is 7.82. The first-order valence-electron chi connectivity index (χ1n) is 7.82. The number of carbonyl (C=O) groups excluding carboxylic acids is 1. The predicted octanol–water partition coefficient (Wildman–Crippen LogP) is -3.80. The molecule has 25 heavy (non-hydrogen) atoms. The molecule has 2 saturated heterocycles. The lowest BCUT2D eigenvalue weighted by Gasteiger charge is -2.45. The average Bonchev–Trinajstić information content (AvgIpc) is 2.55. The van der Waals surface area contributed by atoms with Crippen LogP contribution in [0.2, 0.25) is 0 Å². The molecule has 0 aromatic carbocycles. The zero-order valence-electron chi connectivity index (χ0n) is 13.7. The minimum absolute atomic E-state index is 0.659. The molecular formula is C14H24O11. The maximum Gasteiger partial charge on any atom is 0.303 e. The van der Waals surface area contributed by atoms with Crippen molar-refractivity contribution in [1.29, 1.82) is 0 Å². The van der Waals surface area contributed by atoms with E-state index in [4.69, 9.17) is 18.9 Å². The Labute approximate surface area is 143 Å². The SMILES string of the molecule is CC(=O)O[C@@H]1[C@@H](O[C@@H]2O[C@H](CO)[C@@H](O)[C@H](O)[C@H]2O)[C@@H](O)C(O)O[C@H]1C. The molecule has 11 nitrogen and oxygen atoms in total. The molecule has 6 N–H and O–H groups in total.